The van der Waals surface area contributed by atoms with Crippen LogP contribution in [0.3, 0.4) is 0 Å². The lowest BCUT2D eigenvalue weighted by atomic mass is 10.1. The number of aryl methyl sites for hydroxylation is 1. The standard InChI is InChI=1S/C19H22ClN3O3S/c1-3-26-19(25)23-10-8-13(9-11-23)21-17(24)16-12(2)27-18(22-16)14-6-4-5-7-15(14)20/h4-7,13H,3,8-11H2,1-2H3,(H,21,24). The smallest absolute Gasteiger partial charge is 0.409 e. The molecule has 0 atom stereocenters. The molecular weight excluding hydrogens is 386 g/mol. The number of nitrogens with zero attached hydrogens (tertiary/aromatic N) is 2. The first kappa shape index (κ1) is 19.6. The number of likely N-dealkylation sites (tertiary alicyclic amines) is 1. The summed E-state index contributed by atoms with van der Waals surface area (Å²) in [6, 6.07) is 7.49. The van der Waals surface area contributed by atoms with Crippen LogP contribution in [0.2, 0.25) is 5.02 Å². The lowest BCUT2D eigenvalue weighted by Crippen LogP contribution is -2.46. The largest absolute Gasteiger partial charge is 0.450 e. The molecule has 2 aromatic rings. The molecule has 1 aromatic carbocycles. The highest BCUT2D eigenvalue weighted by Gasteiger charge is 2.26. The molecule has 0 spiro atoms. The molecule has 0 unspecified atom stereocenters. The molecular formula is C19H22ClN3O3S. The second-order valence-corrected chi connectivity index (χ2v) is 7.95. The first-order valence-corrected chi connectivity index (χ1v) is 10.1. The minimum absolute atomic E-state index is 0.0213. The van der Waals surface area contributed by atoms with E-state index in [0.717, 1.165) is 15.4 Å². The van der Waals surface area contributed by atoms with Gasteiger partial charge in [0.2, 0.25) is 0 Å². The van der Waals surface area contributed by atoms with E-state index in [2.05, 4.69) is 10.3 Å². The van der Waals surface area contributed by atoms with Crippen LogP contribution in [0.1, 0.15) is 35.1 Å². The van der Waals surface area contributed by atoms with Crippen molar-refractivity contribution in [3.8, 4) is 10.6 Å². The predicted molar refractivity (Wildman–Crippen MR) is 106 cm³/mol. The number of rotatable bonds is 4. The predicted octanol–water partition coefficient (Wildman–Crippen LogP) is 4.12. The van der Waals surface area contributed by atoms with Crippen LogP contribution >= 0.6 is 22.9 Å². The van der Waals surface area contributed by atoms with E-state index in [-0.39, 0.29) is 18.0 Å². The molecule has 1 fully saturated rings. The highest BCUT2D eigenvalue weighted by molar-refractivity contribution is 7.15. The summed E-state index contributed by atoms with van der Waals surface area (Å²) in [5, 5.41) is 4.39. The van der Waals surface area contributed by atoms with E-state index in [4.69, 9.17) is 16.3 Å². The zero-order valence-electron chi connectivity index (χ0n) is 15.3. The second-order valence-electron chi connectivity index (χ2n) is 6.34. The van der Waals surface area contributed by atoms with Crippen LogP contribution in [0.15, 0.2) is 24.3 Å². The van der Waals surface area contributed by atoms with Crippen molar-refractivity contribution >= 4 is 34.9 Å². The minimum Gasteiger partial charge on any atom is -0.450 e. The molecule has 2 amide bonds. The maximum Gasteiger partial charge on any atom is 0.409 e. The summed E-state index contributed by atoms with van der Waals surface area (Å²) in [4.78, 5) is 31.5. The first-order chi connectivity index (χ1) is 13.0. The first-order valence-electron chi connectivity index (χ1n) is 8.94. The van der Waals surface area contributed by atoms with E-state index in [9.17, 15) is 9.59 Å². The van der Waals surface area contributed by atoms with E-state index in [0.29, 0.717) is 43.3 Å². The summed E-state index contributed by atoms with van der Waals surface area (Å²) in [6.45, 7) is 5.19. The van der Waals surface area contributed by atoms with Gasteiger partial charge in [0.25, 0.3) is 5.91 Å². The topological polar surface area (TPSA) is 71.5 Å². The Hall–Kier alpha value is -2.12. The number of aromatic nitrogens is 1. The monoisotopic (exact) mass is 407 g/mol. The highest BCUT2D eigenvalue weighted by Crippen LogP contribution is 2.32. The number of carbonyl (C=O) groups is 2. The Morgan fingerprint density at radius 1 is 1.33 bits per heavy atom. The van der Waals surface area contributed by atoms with Gasteiger partial charge in [-0.15, -0.1) is 11.3 Å². The zero-order valence-corrected chi connectivity index (χ0v) is 16.9. The quantitative estimate of drug-likeness (QED) is 0.827. The van der Waals surface area contributed by atoms with Gasteiger partial charge in [-0.1, -0.05) is 29.8 Å². The number of carbonyl (C=O) groups excluding carboxylic acids is 2. The zero-order chi connectivity index (χ0) is 19.4. The number of nitrogens with one attached hydrogen (secondary N) is 1. The summed E-state index contributed by atoms with van der Waals surface area (Å²) < 4.78 is 5.02. The van der Waals surface area contributed by atoms with E-state index in [1.807, 2.05) is 31.2 Å². The molecule has 1 saturated heterocycles. The van der Waals surface area contributed by atoms with Crippen molar-refractivity contribution in [2.24, 2.45) is 0 Å². The lowest BCUT2D eigenvalue weighted by molar-refractivity contribution is 0.0857. The number of halogens is 1. The van der Waals surface area contributed by atoms with Gasteiger partial charge in [-0.3, -0.25) is 4.79 Å². The molecule has 0 saturated carbocycles. The second kappa shape index (κ2) is 8.71. The van der Waals surface area contributed by atoms with E-state index >= 15 is 0 Å². The van der Waals surface area contributed by atoms with Crippen molar-refractivity contribution in [1.82, 2.24) is 15.2 Å². The Morgan fingerprint density at radius 3 is 2.70 bits per heavy atom. The van der Waals surface area contributed by atoms with E-state index in [1.165, 1.54) is 11.3 Å². The third-order valence-corrected chi connectivity index (χ3v) is 5.81. The van der Waals surface area contributed by atoms with Crippen molar-refractivity contribution in [1.29, 1.82) is 0 Å². The molecule has 2 heterocycles. The number of hydrogen-bond acceptors (Lipinski definition) is 5. The molecule has 0 aliphatic carbocycles. The summed E-state index contributed by atoms with van der Waals surface area (Å²) in [7, 11) is 0. The molecule has 0 radical (unpaired) electrons. The fourth-order valence-electron chi connectivity index (χ4n) is 3.03. The number of benzene rings is 1. The number of hydrogen-bond donors (Lipinski definition) is 1. The normalized spacial score (nSPS) is 14.9. The SMILES string of the molecule is CCOC(=O)N1CCC(NC(=O)c2nc(-c3ccccc3Cl)sc2C)CC1. The Kier molecular flexibility index (Phi) is 6.34. The molecule has 27 heavy (non-hydrogen) atoms. The van der Waals surface area contributed by atoms with E-state index < -0.39 is 0 Å². The van der Waals surface area contributed by atoms with Gasteiger partial charge in [-0.2, -0.15) is 0 Å². The molecule has 8 heteroatoms. The number of piperidine rings is 1. The van der Waals surface area contributed by atoms with Crippen molar-refractivity contribution in [2.45, 2.75) is 32.7 Å². The molecule has 1 aliphatic heterocycles. The maximum atomic E-state index is 12.7. The molecule has 0 bridgehead atoms. The molecule has 6 nitrogen and oxygen atoms in total. The van der Waals surface area contributed by atoms with Gasteiger partial charge in [0.15, 0.2) is 0 Å². The van der Waals surface area contributed by atoms with Crippen LogP contribution in [-0.4, -0.2) is 47.6 Å². The summed E-state index contributed by atoms with van der Waals surface area (Å²) >= 11 is 7.70. The minimum atomic E-state index is -0.290. The van der Waals surface area contributed by atoms with Crippen LogP contribution in [0.25, 0.3) is 10.6 Å². The highest BCUT2D eigenvalue weighted by atomic mass is 35.5. The van der Waals surface area contributed by atoms with Crippen molar-refractivity contribution < 1.29 is 14.3 Å². The third-order valence-electron chi connectivity index (χ3n) is 4.47. The fourth-order valence-corrected chi connectivity index (χ4v) is 4.26. The van der Waals surface area contributed by atoms with Crippen molar-refractivity contribution in [3.05, 3.63) is 39.9 Å². The van der Waals surface area contributed by atoms with Gasteiger partial charge < -0.3 is 15.0 Å². The van der Waals surface area contributed by atoms with Gasteiger partial charge in [0.05, 0.1) is 11.6 Å². The average Bonchev–Trinajstić information content (AvgIpc) is 3.04. The Balaban J connectivity index is 1.63. The summed E-state index contributed by atoms with van der Waals surface area (Å²) in [5.41, 5.74) is 1.26. The van der Waals surface area contributed by atoms with Crippen LogP contribution in [0.5, 0.6) is 0 Å². The summed E-state index contributed by atoms with van der Waals surface area (Å²) in [5.74, 6) is -0.184. The Morgan fingerprint density at radius 2 is 2.04 bits per heavy atom. The van der Waals surface area contributed by atoms with Crippen molar-refractivity contribution in [2.75, 3.05) is 19.7 Å². The molecule has 1 aromatic heterocycles. The van der Waals surface area contributed by atoms with Crippen molar-refractivity contribution in [3.63, 3.8) is 0 Å². The van der Waals surface area contributed by atoms with Gasteiger partial charge in [-0.25, -0.2) is 9.78 Å². The van der Waals surface area contributed by atoms with E-state index in [1.54, 1.807) is 11.8 Å². The maximum absolute atomic E-state index is 12.7. The molecule has 144 valence electrons. The van der Waals surface area contributed by atoms with Gasteiger partial charge >= 0.3 is 6.09 Å². The lowest BCUT2D eigenvalue weighted by Gasteiger charge is -2.31. The van der Waals surface area contributed by atoms with Gasteiger partial charge in [0.1, 0.15) is 10.7 Å². The van der Waals surface area contributed by atoms with Crippen LogP contribution in [0.4, 0.5) is 4.79 Å². The molecule has 1 N–H and O–H groups in total. The number of ether oxygens (including phenoxy) is 1. The Bertz CT molecular complexity index is 831. The van der Waals surface area contributed by atoms with Crippen LogP contribution < -0.4 is 5.32 Å². The van der Waals surface area contributed by atoms with Crippen LogP contribution in [0, 0.1) is 6.92 Å². The molecule has 3 rings (SSSR count). The fraction of sp³-hybridized carbons (Fsp3) is 0.421. The average molecular weight is 408 g/mol. The number of amides is 2. The third kappa shape index (κ3) is 4.59. The Labute approximate surface area is 167 Å². The van der Waals surface area contributed by atoms with Gasteiger partial charge in [0, 0.05) is 29.6 Å². The number of thiazole rings is 1. The van der Waals surface area contributed by atoms with Crippen LogP contribution in [-0.2, 0) is 4.74 Å². The van der Waals surface area contributed by atoms with Gasteiger partial charge in [-0.05, 0) is 32.8 Å². The molecule has 1 aliphatic rings. The summed E-state index contributed by atoms with van der Waals surface area (Å²) in [6.07, 6.45) is 1.11.